The van der Waals surface area contributed by atoms with Crippen molar-refractivity contribution in [3.63, 3.8) is 0 Å². The zero-order valence-corrected chi connectivity index (χ0v) is 17.3. The normalized spacial score (nSPS) is 25.1. The number of aliphatic hydroxyl groups excluding tert-OH is 1. The van der Waals surface area contributed by atoms with Gasteiger partial charge in [0, 0.05) is 5.92 Å². The maximum Gasteiger partial charge on any atom is 0.243 e. The molecule has 158 valence electrons. The third kappa shape index (κ3) is 7.38. The molecule has 4 atom stereocenters. The molecule has 0 aromatic rings. The van der Waals surface area contributed by atoms with Crippen molar-refractivity contribution in [2.24, 2.45) is 11.3 Å². The molecule has 8 heteroatoms. The highest BCUT2D eigenvalue weighted by Crippen LogP contribution is 2.22. The first-order valence-corrected chi connectivity index (χ1v) is 10.3. The van der Waals surface area contributed by atoms with Crippen LogP contribution in [0.25, 0.3) is 0 Å². The minimum atomic E-state index is -0.690. The minimum Gasteiger partial charge on any atom is -0.378 e. The van der Waals surface area contributed by atoms with Gasteiger partial charge in [-0.25, -0.2) is 0 Å². The van der Waals surface area contributed by atoms with E-state index in [4.69, 9.17) is 0 Å². The Morgan fingerprint density at radius 3 is 2.50 bits per heavy atom. The Morgan fingerprint density at radius 1 is 1.29 bits per heavy atom. The van der Waals surface area contributed by atoms with Crippen molar-refractivity contribution in [1.82, 2.24) is 20.9 Å². The van der Waals surface area contributed by atoms with Crippen LogP contribution in [0.4, 0.5) is 0 Å². The lowest BCUT2D eigenvalue weighted by Gasteiger charge is -2.28. The molecule has 0 bridgehead atoms. The number of hydrogen-bond acceptors (Lipinski definition) is 6. The second-order valence-electron chi connectivity index (χ2n) is 9.24. The smallest absolute Gasteiger partial charge is 0.243 e. The van der Waals surface area contributed by atoms with Crippen LogP contribution in [0.1, 0.15) is 52.9 Å². The van der Waals surface area contributed by atoms with Crippen LogP contribution in [0.15, 0.2) is 0 Å². The van der Waals surface area contributed by atoms with Crippen LogP contribution in [-0.2, 0) is 9.59 Å². The van der Waals surface area contributed by atoms with Gasteiger partial charge in [0.15, 0.2) is 0 Å². The molecule has 2 aliphatic heterocycles. The molecular weight excluding hydrogens is 358 g/mol. The van der Waals surface area contributed by atoms with E-state index in [1.807, 2.05) is 20.8 Å². The maximum absolute atomic E-state index is 12.8. The third-order valence-corrected chi connectivity index (χ3v) is 5.36. The molecular formula is C20H35N5O3. The van der Waals surface area contributed by atoms with Crippen molar-refractivity contribution in [2.45, 2.75) is 71.2 Å². The lowest BCUT2D eigenvalue weighted by atomic mass is 9.87. The summed E-state index contributed by atoms with van der Waals surface area (Å²) in [7, 11) is 0. The van der Waals surface area contributed by atoms with Crippen molar-refractivity contribution in [2.75, 3.05) is 26.2 Å². The third-order valence-electron chi connectivity index (χ3n) is 5.36. The fraction of sp³-hybridized carbons (Fsp3) is 0.850. The zero-order valence-electron chi connectivity index (χ0n) is 17.3. The van der Waals surface area contributed by atoms with Crippen molar-refractivity contribution in [1.29, 1.82) is 5.26 Å². The van der Waals surface area contributed by atoms with Gasteiger partial charge in [-0.3, -0.25) is 19.8 Å². The first-order valence-electron chi connectivity index (χ1n) is 10.3. The van der Waals surface area contributed by atoms with Gasteiger partial charge in [-0.05, 0) is 57.2 Å². The molecule has 4 N–H and O–H groups in total. The van der Waals surface area contributed by atoms with Crippen LogP contribution in [0.5, 0.6) is 0 Å². The number of hydrogen-bond donors (Lipinski definition) is 4. The van der Waals surface area contributed by atoms with Crippen LogP contribution in [0, 0.1) is 22.7 Å². The van der Waals surface area contributed by atoms with Gasteiger partial charge in [-0.1, -0.05) is 20.8 Å². The van der Waals surface area contributed by atoms with Crippen LogP contribution >= 0.6 is 0 Å². The second-order valence-corrected chi connectivity index (χ2v) is 9.24. The average Bonchev–Trinajstić information content (AvgIpc) is 3.24. The summed E-state index contributed by atoms with van der Waals surface area (Å²) >= 11 is 0. The first-order chi connectivity index (χ1) is 13.2. The number of nitrogens with zero attached hydrogens (tertiary/aromatic N) is 2. The largest absolute Gasteiger partial charge is 0.378 e. The summed E-state index contributed by atoms with van der Waals surface area (Å²) in [6.45, 7) is 8.88. The average molecular weight is 394 g/mol. The number of nitriles is 1. The predicted molar refractivity (Wildman–Crippen MR) is 106 cm³/mol. The van der Waals surface area contributed by atoms with E-state index in [1.165, 1.54) is 0 Å². The van der Waals surface area contributed by atoms with Gasteiger partial charge in [0.2, 0.25) is 11.8 Å². The lowest BCUT2D eigenvalue weighted by Crippen LogP contribution is -2.52. The molecule has 2 rings (SSSR count). The number of nitrogens with one attached hydrogen (secondary N) is 3. The summed E-state index contributed by atoms with van der Waals surface area (Å²) in [6, 6.07) is 0.746. The Bertz CT molecular complexity index is 577. The Balaban J connectivity index is 1.94. The van der Waals surface area contributed by atoms with Crippen molar-refractivity contribution in [3.05, 3.63) is 0 Å². The van der Waals surface area contributed by atoms with E-state index in [-0.39, 0.29) is 23.1 Å². The van der Waals surface area contributed by atoms with E-state index < -0.39 is 18.3 Å². The van der Waals surface area contributed by atoms with Crippen LogP contribution in [0.3, 0.4) is 0 Å². The van der Waals surface area contributed by atoms with E-state index in [0.29, 0.717) is 25.9 Å². The van der Waals surface area contributed by atoms with Crippen LogP contribution in [0.2, 0.25) is 0 Å². The number of rotatable bonds is 8. The topological polar surface area (TPSA) is 117 Å². The highest BCUT2D eigenvalue weighted by atomic mass is 16.3. The van der Waals surface area contributed by atoms with E-state index in [2.05, 4.69) is 26.9 Å². The molecule has 0 aromatic heterocycles. The Kier molecular flexibility index (Phi) is 8.23. The van der Waals surface area contributed by atoms with Gasteiger partial charge in [-0.2, -0.15) is 5.26 Å². The first kappa shape index (κ1) is 22.6. The van der Waals surface area contributed by atoms with Gasteiger partial charge in [0.1, 0.15) is 18.3 Å². The Labute approximate surface area is 168 Å². The molecule has 2 amide bonds. The van der Waals surface area contributed by atoms with Crippen molar-refractivity contribution >= 4 is 11.8 Å². The molecule has 28 heavy (non-hydrogen) atoms. The Morgan fingerprint density at radius 2 is 1.96 bits per heavy atom. The van der Waals surface area contributed by atoms with E-state index in [1.54, 1.807) is 0 Å². The summed E-state index contributed by atoms with van der Waals surface area (Å²) in [5, 5.41) is 27.9. The van der Waals surface area contributed by atoms with Crippen molar-refractivity contribution < 1.29 is 14.7 Å². The standard InChI is InChI=1S/C20H35N5O3/c1-20(2,3)11-16(24-17(26)13-25-8-4-5-9-25)19(28)23-15(12-21)10-14-6-7-22-18(14)27/h14-16,18,22,27H,4-11,13H2,1-3H3,(H,23,28)(H,24,26)/t14-,15-,16-,18?/m0/s1. The van der Waals surface area contributed by atoms with Crippen molar-refractivity contribution in [3.8, 4) is 6.07 Å². The van der Waals surface area contributed by atoms with E-state index in [9.17, 15) is 20.0 Å². The number of aliphatic hydroxyl groups is 1. The van der Waals surface area contributed by atoms with E-state index in [0.717, 1.165) is 32.4 Å². The molecule has 0 radical (unpaired) electrons. The van der Waals surface area contributed by atoms with E-state index >= 15 is 0 Å². The summed E-state index contributed by atoms with van der Waals surface area (Å²) < 4.78 is 0. The quantitative estimate of drug-likeness (QED) is 0.472. The zero-order chi connectivity index (χ0) is 20.7. The molecule has 0 spiro atoms. The number of amides is 2. The molecule has 2 fully saturated rings. The minimum absolute atomic E-state index is 0.0595. The molecule has 8 nitrogen and oxygen atoms in total. The molecule has 0 aliphatic carbocycles. The number of carbonyl (C=O) groups is 2. The fourth-order valence-electron chi connectivity index (χ4n) is 3.91. The highest BCUT2D eigenvalue weighted by Gasteiger charge is 2.31. The van der Waals surface area contributed by atoms with Crippen LogP contribution < -0.4 is 16.0 Å². The molecule has 2 heterocycles. The molecule has 2 aliphatic rings. The van der Waals surface area contributed by atoms with Crippen LogP contribution in [-0.4, -0.2) is 66.3 Å². The maximum atomic E-state index is 12.8. The Hall–Kier alpha value is -1.69. The molecule has 0 aromatic carbocycles. The predicted octanol–water partition coefficient (Wildman–Crippen LogP) is 0.330. The summed E-state index contributed by atoms with van der Waals surface area (Å²) in [6.07, 6.45) is 3.21. The summed E-state index contributed by atoms with van der Waals surface area (Å²) in [5.41, 5.74) is -0.156. The lowest BCUT2D eigenvalue weighted by molar-refractivity contribution is -0.130. The van der Waals surface area contributed by atoms with Gasteiger partial charge >= 0.3 is 0 Å². The van der Waals surface area contributed by atoms with Gasteiger partial charge in [0.05, 0.1) is 12.6 Å². The second kappa shape index (κ2) is 10.2. The van der Waals surface area contributed by atoms with Gasteiger partial charge in [-0.15, -0.1) is 0 Å². The number of likely N-dealkylation sites (tertiary alicyclic amines) is 1. The monoisotopic (exact) mass is 393 g/mol. The summed E-state index contributed by atoms with van der Waals surface area (Å²) in [5.74, 6) is -0.553. The number of carbonyl (C=O) groups excluding carboxylic acids is 2. The van der Waals surface area contributed by atoms with Gasteiger partial charge < -0.3 is 15.7 Å². The molecule has 0 saturated carbocycles. The SMILES string of the molecule is CC(C)(C)C[C@H](NC(=O)CN1CCCC1)C(=O)N[C@H](C#N)C[C@@H]1CCNC1O. The molecule has 1 unspecified atom stereocenters. The summed E-state index contributed by atoms with van der Waals surface area (Å²) in [4.78, 5) is 27.4. The van der Waals surface area contributed by atoms with Gasteiger partial charge in [0.25, 0.3) is 0 Å². The highest BCUT2D eigenvalue weighted by molar-refractivity contribution is 5.88. The molecule has 2 saturated heterocycles. The fourth-order valence-corrected chi connectivity index (χ4v) is 3.91.